The molecule has 0 unspecified atom stereocenters. The monoisotopic (exact) mass is 392 g/mol. The zero-order valence-corrected chi connectivity index (χ0v) is 17.8. The van der Waals surface area contributed by atoms with Gasteiger partial charge in [-0.15, -0.1) is 0 Å². The number of rotatable bonds is 6. The first-order chi connectivity index (χ1) is 12.4. The van der Waals surface area contributed by atoms with Crippen molar-refractivity contribution in [3.8, 4) is 0 Å². The van der Waals surface area contributed by atoms with Crippen molar-refractivity contribution in [2.24, 2.45) is 0 Å². The lowest BCUT2D eigenvalue weighted by Gasteiger charge is -2.16. The summed E-state index contributed by atoms with van der Waals surface area (Å²) in [6.07, 6.45) is 0. The minimum absolute atomic E-state index is 0.0369. The van der Waals surface area contributed by atoms with Gasteiger partial charge in [0.15, 0.2) is 0 Å². The Balaban J connectivity index is 2.18. The molecule has 0 saturated carbocycles. The van der Waals surface area contributed by atoms with Gasteiger partial charge >= 0.3 is 0 Å². The summed E-state index contributed by atoms with van der Waals surface area (Å²) in [6.45, 7) is 9.27. The first kappa shape index (κ1) is 21.1. The summed E-state index contributed by atoms with van der Waals surface area (Å²) in [5, 5.41) is 7.20. The third-order valence-corrected chi connectivity index (χ3v) is 6.82. The molecule has 1 heterocycles. The highest BCUT2D eigenvalue weighted by Gasteiger charge is 2.27. The van der Waals surface area contributed by atoms with Crippen LogP contribution in [0.4, 0.5) is 0 Å². The second-order valence-electron chi connectivity index (χ2n) is 7.08. The van der Waals surface area contributed by atoms with E-state index in [2.05, 4.69) is 16.5 Å². The first-order valence-corrected chi connectivity index (χ1v) is 10.2. The Labute approximate surface area is 161 Å². The van der Waals surface area contributed by atoms with Gasteiger partial charge in [-0.1, -0.05) is 18.2 Å². The first-order valence-electron chi connectivity index (χ1n) is 8.78. The number of hydrogen-bond donors (Lipinski definition) is 1. The molecule has 0 aliphatic heterocycles. The van der Waals surface area contributed by atoms with Gasteiger partial charge in [-0.2, -0.15) is 5.10 Å². The summed E-state index contributed by atoms with van der Waals surface area (Å²) in [4.78, 5) is 12.6. The summed E-state index contributed by atoms with van der Waals surface area (Å²) < 4.78 is 27.5. The summed E-state index contributed by atoms with van der Waals surface area (Å²) in [7, 11) is -0.658. The van der Waals surface area contributed by atoms with Crippen molar-refractivity contribution in [2.45, 2.75) is 52.1 Å². The van der Waals surface area contributed by atoms with Crippen molar-refractivity contribution >= 4 is 15.9 Å². The molecule has 7 nitrogen and oxygen atoms in total. The fourth-order valence-electron chi connectivity index (χ4n) is 2.93. The number of amides is 1. The molecule has 148 valence electrons. The molecule has 8 heteroatoms. The van der Waals surface area contributed by atoms with Gasteiger partial charge < -0.3 is 5.32 Å². The number of nitrogens with zero attached hydrogens (tertiary/aromatic N) is 3. The Kier molecular flexibility index (Phi) is 6.11. The molecule has 27 heavy (non-hydrogen) atoms. The summed E-state index contributed by atoms with van der Waals surface area (Å²) >= 11 is 0. The summed E-state index contributed by atoms with van der Waals surface area (Å²) in [5.41, 5.74) is 4.24. The molecule has 0 bridgehead atoms. The highest BCUT2D eigenvalue weighted by atomic mass is 32.2. The van der Waals surface area contributed by atoms with Crippen LogP contribution in [0.15, 0.2) is 23.1 Å². The smallest absolute Gasteiger partial charge is 0.246 e. The minimum Gasteiger partial charge on any atom is -0.348 e. The van der Waals surface area contributed by atoms with Crippen LogP contribution in [0.1, 0.15) is 41.0 Å². The summed E-state index contributed by atoms with van der Waals surface area (Å²) in [6, 6.07) is 5.94. The fourth-order valence-corrected chi connectivity index (χ4v) is 4.19. The van der Waals surface area contributed by atoms with Crippen LogP contribution in [0.2, 0.25) is 0 Å². The molecule has 1 amide bonds. The van der Waals surface area contributed by atoms with Crippen LogP contribution in [0.3, 0.4) is 0 Å². The Hall–Kier alpha value is -2.19. The summed E-state index contributed by atoms with van der Waals surface area (Å²) in [5.74, 6) is -0.222. The SMILES string of the molecule is Cc1ccc([C@@H](C)NC(=O)Cn2nc(C)c(S(=O)(=O)N(C)C)c2C)cc1C. The maximum atomic E-state index is 12.5. The molecule has 2 rings (SSSR count). The number of aryl methyl sites for hydroxylation is 3. The van der Waals surface area contributed by atoms with E-state index < -0.39 is 10.0 Å². The topological polar surface area (TPSA) is 84.3 Å². The second-order valence-corrected chi connectivity index (χ2v) is 9.17. The predicted molar refractivity (Wildman–Crippen MR) is 105 cm³/mol. The van der Waals surface area contributed by atoms with Gasteiger partial charge in [-0.05, 0) is 51.3 Å². The number of nitrogens with one attached hydrogen (secondary N) is 1. The van der Waals surface area contributed by atoms with E-state index in [-0.39, 0.29) is 23.4 Å². The van der Waals surface area contributed by atoms with E-state index >= 15 is 0 Å². The number of carbonyl (C=O) groups excluding carboxylic acids is 1. The van der Waals surface area contributed by atoms with E-state index in [9.17, 15) is 13.2 Å². The normalized spacial score (nSPS) is 13.0. The molecule has 0 aliphatic carbocycles. The van der Waals surface area contributed by atoms with E-state index in [1.165, 1.54) is 29.9 Å². The number of benzene rings is 1. The zero-order valence-electron chi connectivity index (χ0n) is 17.0. The molecule has 0 saturated heterocycles. The number of carbonyl (C=O) groups is 1. The number of aromatic nitrogens is 2. The van der Waals surface area contributed by atoms with Crippen molar-refractivity contribution in [1.29, 1.82) is 0 Å². The minimum atomic E-state index is -3.61. The Morgan fingerprint density at radius 1 is 1.19 bits per heavy atom. The van der Waals surface area contributed by atoms with Crippen LogP contribution in [-0.2, 0) is 21.4 Å². The van der Waals surface area contributed by atoms with Gasteiger partial charge in [0.05, 0.1) is 17.4 Å². The van der Waals surface area contributed by atoms with Gasteiger partial charge in [0.25, 0.3) is 0 Å². The lowest BCUT2D eigenvalue weighted by atomic mass is 10.0. The lowest BCUT2D eigenvalue weighted by Crippen LogP contribution is -2.31. The van der Waals surface area contributed by atoms with Gasteiger partial charge in [0, 0.05) is 14.1 Å². The average Bonchev–Trinajstić information content (AvgIpc) is 2.83. The Morgan fingerprint density at radius 2 is 1.81 bits per heavy atom. The number of hydrogen-bond acceptors (Lipinski definition) is 4. The van der Waals surface area contributed by atoms with E-state index in [1.54, 1.807) is 13.8 Å². The molecule has 1 atom stereocenters. The van der Waals surface area contributed by atoms with Crippen LogP contribution in [0, 0.1) is 27.7 Å². The van der Waals surface area contributed by atoms with Crippen molar-refractivity contribution in [3.63, 3.8) is 0 Å². The maximum absolute atomic E-state index is 12.5. The van der Waals surface area contributed by atoms with Gasteiger partial charge in [0.1, 0.15) is 11.4 Å². The molecule has 1 aromatic heterocycles. The van der Waals surface area contributed by atoms with Gasteiger partial charge in [0.2, 0.25) is 15.9 Å². The molecule has 2 aromatic rings. The molecular formula is C19H28N4O3S. The maximum Gasteiger partial charge on any atom is 0.246 e. The molecule has 0 spiro atoms. The van der Waals surface area contributed by atoms with E-state index in [0.29, 0.717) is 11.4 Å². The highest BCUT2D eigenvalue weighted by molar-refractivity contribution is 7.89. The Morgan fingerprint density at radius 3 is 2.37 bits per heavy atom. The molecule has 0 fully saturated rings. The van der Waals surface area contributed by atoms with Crippen LogP contribution in [0.25, 0.3) is 0 Å². The lowest BCUT2D eigenvalue weighted by molar-refractivity contribution is -0.122. The predicted octanol–water partition coefficient (Wildman–Crippen LogP) is 2.24. The van der Waals surface area contributed by atoms with Crippen LogP contribution >= 0.6 is 0 Å². The van der Waals surface area contributed by atoms with Crippen LogP contribution in [0.5, 0.6) is 0 Å². The average molecular weight is 393 g/mol. The van der Waals surface area contributed by atoms with Gasteiger partial charge in [-0.3, -0.25) is 9.48 Å². The molecule has 1 aromatic carbocycles. The number of sulfonamides is 1. The van der Waals surface area contributed by atoms with E-state index in [0.717, 1.165) is 9.87 Å². The second kappa shape index (κ2) is 7.82. The zero-order chi connectivity index (χ0) is 20.5. The molecule has 0 aliphatic rings. The van der Waals surface area contributed by atoms with Crippen LogP contribution < -0.4 is 5.32 Å². The van der Waals surface area contributed by atoms with Crippen molar-refractivity contribution < 1.29 is 13.2 Å². The van der Waals surface area contributed by atoms with Gasteiger partial charge in [-0.25, -0.2) is 12.7 Å². The van der Waals surface area contributed by atoms with Crippen LogP contribution in [-0.4, -0.2) is 42.5 Å². The highest BCUT2D eigenvalue weighted by Crippen LogP contribution is 2.22. The standard InChI is InChI=1S/C19H28N4O3S/c1-12-8-9-17(10-13(12)2)14(3)20-18(24)11-23-16(5)19(15(4)21-23)27(25,26)22(6)7/h8-10,14H,11H2,1-7H3,(H,20,24)/t14-/m1/s1. The Bertz CT molecular complexity index is 962. The molecular weight excluding hydrogens is 364 g/mol. The fraction of sp³-hybridized carbons (Fsp3) is 0.474. The quantitative estimate of drug-likeness (QED) is 0.817. The van der Waals surface area contributed by atoms with E-state index in [4.69, 9.17) is 0 Å². The van der Waals surface area contributed by atoms with Crippen molar-refractivity contribution in [2.75, 3.05) is 14.1 Å². The van der Waals surface area contributed by atoms with Crippen molar-refractivity contribution in [3.05, 3.63) is 46.3 Å². The third kappa shape index (κ3) is 4.39. The third-order valence-electron chi connectivity index (χ3n) is 4.76. The largest absolute Gasteiger partial charge is 0.348 e. The molecule has 1 N–H and O–H groups in total. The molecule has 0 radical (unpaired) electrons. The van der Waals surface area contributed by atoms with Crippen molar-refractivity contribution in [1.82, 2.24) is 19.4 Å². The van der Waals surface area contributed by atoms with E-state index in [1.807, 2.05) is 32.9 Å².